The van der Waals surface area contributed by atoms with Crippen molar-refractivity contribution in [1.29, 1.82) is 0 Å². The van der Waals surface area contributed by atoms with Gasteiger partial charge in [0.05, 0.1) is 29.3 Å². The smallest absolute Gasteiger partial charge is 0.211 e. The molecule has 4 rings (SSSR count). The number of benzene rings is 2. The highest BCUT2D eigenvalue weighted by Gasteiger charge is 2.45. The van der Waals surface area contributed by atoms with Gasteiger partial charge in [0, 0.05) is 52.9 Å². The van der Waals surface area contributed by atoms with Crippen LogP contribution in [0.3, 0.4) is 0 Å². The number of hydrogen-bond acceptors (Lipinski definition) is 3. The average molecular weight is 925 g/mol. The highest BCUT2D eigenvalue weighted by Crippen LogP contribution is 2.71. The van der Waals surface area contributed by atoms with Gasteiger partial charge in [0.1, 0.15) is 8.24 Å². The molecular formula is C48H90N10P2Si2. The van der Waals surface area contributed by atoms with Crippen molar-refractivity contribution in [2.75, 3.05) is 0 Å². The maximum Gasteiger partial charge on any atom is 0.211 e. The summed E-state index contributed by atoms with van der Waals surface area (Å²) >= 11 is 0. The number of fused-ring (bicyclic) bond motifs is 2. The summed E-state index contributed by atoms with van der Waals surface area (Å²) in [7, 11) is -5.86. The highest BCUT2D eigenvalue weighted by molar-refractivity contribution is 7.69. The highest BCUT2D eigenvalue weighted by atomic mass is 31.2. The Hall–Kier alpha value is -2.62. The Kier molecular flexibility index (Phi) is 18.2. The normalized spacial score (nSPS) is 13.4. The van der Waals surface area contributed by atoms with Crippen molar-refractivity contribution in [1.82, 2.24) is 18.3 Å². The molecule has 0 bridgehead atoms. The Morgan fingerprint density at radius 1 is 0.516 bits per heavy atom. The zero-order valence-corrected chi connectivity index (χ0v) is 48.1. The van der Waals surface area contributed by atoms with Gasteiger partial charge in [0.15, 0.2) is 8.24 Å². The number of para-hydroxylation sites is 4. The SMILES string of the molecule is CC(C)n1c(=NP(=N[Si](C)(C)C)(C(C)(C)C)C(C)(C)C)n(C(C)C)c2ccccc21.CC(C)n1c(=NP(C(C)(C)C)C(C)(C)C)n(C(C)C)c2ccccc21.C[Si](C)(C)N=[N+]=[N-]. The summed E-state index contributed by atoms with van der Waals surface area (Å²) in [5.74, 6) is 0. The molecule has 0 N–H and O–H groups in total. The van der Waals surface area contributed by atoms with Crippen molar-refractivity contribution in [2.45, 2.75) is 223 Å². The summed E-state index contributed by atoms with van der Waals surface area (Å²) in [6.07, 6.45) is 0. The zero-order chi connectivity index (χ0) is 48.4. The Morgan fingerprint density at radius 3 is 1.00 bits per heavy atom. The molecule has 14 heteroatoms. The summed E-state index contributed by atoms with van der Waals surface area (Å²) in [5.41, 5.74) is 15.2. The van der Waals surface area contributed by atoms with Crippen LogP contribution in [0.2, 0.25) is 39.3 Å². The first-order valence-electron chi connectivity index (χ1n) is 22.9. The second-order valence-electron chi connectivity index (χ2n) is 23.9. The van der Waals surface area contributed by atoms with Crippen LogP contribution in [0.25, 0.3) is 32.5 Å². The van der Waals surface area contributed by atoms with E-state index >= 15 is 0 Å². The monoisotopic (exact) mass is 925 g/mol. The fourth-order valence-corrected chi connectivity index (χ4v) is 20.7. The molecule has 350 valence electrons. The Labute approximate surface area is 381 Å². The van der Waals surface area contributed by atoms with Gasteiger partial charge in [-0.05, 0) is 90.1 Å². The fourth-order valence-electron chi connectivity index (χ4n) is 8.36. The van der Waals surface area contributed by atoms with Crippen LogP contribution < -0.4 is 11.2 Å². The molecule has 2 aromatic heterocycles. The minimum atomic E-state index is -2.13. The second-order valence-corrected chi connectivity index (χ2v) is 41.1. The third kappa shape index (κ3) is 13.5. The van der Waals surface area contributed by atoms with Crippen molar-refractivity contribution in [2.24, 2.45) is 18.7 Å². The fraction of sp³-hybridized carbons (Fsp3) is 0.708. The van der Waals surface area contributed by atoms with Crippen LogP contribution >= 0.6 is 15.3 Å². The van der Waals surface area contributed by atoms with Crippen molar-refractivity contribution < 1.29 is 0 Å². The molecule has 2 heterocycles. The molecule has 2 aromatic carbocycles. The molecule has 0 aliphatic heterocycles. The van der Waals surface area contributed by atoms with Crippen LogP contribution in [0.5, 0.6) is 0 Å². The summed E-state index contributed by atoms with van der Waals surface area (Å²) in [6, 6.07) is 18.8. The lowest BCUT2D eigenvalue weighted by molar-refractivity contribution is 0.522. The van der Waals surface area contributed by atoms with Gasteiger partial charge in [-0.15, -0.1) is 4.78 Å². The first kappa shape index (κ1) is 55.5. The van der Waals surface area contributed by atoms with E-state index in [2.05, 4.69) is 235 Å². The number of nitrogens with zero attached hydrogens (tertiary/aromatic N) is 10. The standard InChI is InChI=1S/C24H45N4PSi.C21H36N3P.C3H9N3Si/c1-18(2)27-20-16-14-15-17-21(20)28(19(3)4)22(27)25-29(23(5,6)7,24(8,9)10)26-30(11,12)13;1-15(2)23-17-13-11-12-14-18(17)24(16(3)4)19(23)22-25(20(5,6)7)21(8,9)10;1-7(2,3)6-5-4/h14-19H,1-13H3;11-16H,1-10H3;1-3H3. The van der Waals surface area contributed by atoms with Crippen molar-refractivity contribution in [3.05, 3.63) is 70.2 Å². The van der Waals surface area contributed by atoms with Crippen LogP contribution in [0, 0.1) is 0 Å². The van der Waals surface area contributed by atoms with E-state index < -0.39 is 31.7 Å². The van der Waals surface area contributed by atoms with Gasteiger partial charge in [0.2, 0.25) is 11.2 Å². The molecule has 0 amide bonds. The molecule has 0 aliphatic carbocycles. The van der Waals surface area contributed by atoms with Crippen molar-refractivity contribution in [3.63, 3.8) is 0 Å². The van der Waals surface area contributed by atoms with Gasteiger partial charge in [-0.2, -0.15) is 0 Å². The van der Waals surface area contributed by atoms with E-state index in [0.717, 1.165) is 11.2 Å². The van der Waals surface area contributed by atoms with E-state index in [1.165, 1.54) is 22.1 Å². The third-order valence-electron chi connectivity index (χ3n) is 10.1. The first-order valence-corrected chi connectivity index (χ1v) is 32.8. The van der Waals surface area contributed by atoms with Crippen molar-refractivity contribution in [3.8, 4) is 0 Å². The topological polar surface area (TPSA) is 106 Å². The molecule has 0 spiro atoms. The first-order chi connectivity index (χ1) is 27.8. The number of aromatic nitrogens is 4. The van der Waals surface area contributed by atoms with E-state index in [0.29, 0.717) is 24.2 Å². The summed E-state index contributed by atoms with van der Waals surface area (Å²) in [4.78, 5) is 2.69. The van der Waals surface area contributed by atoms with Crippen molar-refractivity contribution >= 4 is 53.8 Å². The summed E-state index contributed by atoms with van der Waals surface area (Å²) in [6.45, 7) is 59.2. The van der Waals surface area contributed by atoms with Crippen LogP contribution in [0.4, 0.5) is 0 Å². The van der Waals surface area contributed by atoms with E-state index in [1.807, 2.05) is 19.6 Å². The Morgan fingerprint density at radius 2 is 0.806 bits per heavy atom. The summed E-state index contributed by atoms with van der Waals surface area (Å²) < 4.78 is 30.3. The van der Waals surface area contributed by atoms with Gasteiger partial charge < -0.3 is 22.7 Å². The molecule has 0 unspecified atom stereocenters. The van der Waals surface area contributed by atoms with Gasteiger partial charge in [0.25, 0.3) is 0 Å². The predicted molar refractivity (Wildman–Crippen MR) is 284 cm³/mol. The van der Waals surface area contributed by atoms with E-state index in [9.17, 15) is 0 Å². The minimum Gasteiger partial charge on any atom is -0.317 e. The van der Waals surface area contributed by atoms with Crippen LogP contribution in [0.15, 0.2) is 67.2 Å². The van der Waals surface area contributed by atoms with E-state index in [1.54, 1.807) is 0 Å². The summed E-state index contributed by atoms with van der Waals surface area (Å²) in [5, 5.41) is 0.304. The molecule has 62 heavy (non-hydrogen) atoms. The quantitative estimate of drug-likeness (QED) is 0.0552. The lowest BCUT2D eigenvalue weighted by atomic mass is 10.2. The van der Waals surface area contributed by atoms with E-state index in [-0.39, 0.29) is 20.6 Å². The van der Waals surface area contributed by atoms with Crippen LogP contribution in [-0.4, -0.2) is 55.4 Å². The second kappa shape index (κ2) is 20.3. The van der Waals surface area contributed by atoms with Crippen LogP contribution in [0.1, 0.15) is 163 Å². The number of hydrogen-bond donors (Lipinski definition) is 0. The molecular weight excluding hydrogens is 835 g/mol. The zero-order valence-electron chi connectivity index (χ0n) is 44.3. The molecule has 4 aromatic rings. The molecule has 0 fully saturated rings. The Balaban J connectivity index is 0.000000374. The number of azide groups is 1. The largest absolute Gasteiger partial charge is 0.317 e. The van der Waals surface area contributed by atoms with Gasteiger partial charge in [-0.3, -0.25) is 0 Å². The van der Waals surface area contributed by atoms with Gasteiger partial charge in [-0.25, -0.2) is 9.53 Å². The molecule has 0 radical (unpaired) electrons. The molecule has 0 atom stereocenters. The van der Waals surface area contributed by atoms with Gasteiger partial charge in [-0.1, -0.05) is 147 Å². The van der Waals surface area contributed by atoms with Gasteiger partial charge >= 0.3 is 0 Å². The molecule has 0 aliphatic rings. The molecule has 0 saturated carbocycles. The lowest BCUT2D eigenvalue weighted by Crippen LogP contribution is -2.35. The maximum absolute atomic E-state index is 7.89. The maximum atomic E-state index is 7.89. The molecule has 0 saturated heterocycles. The minimum absolute atomic E-state index is 0.0153. The predicted octanol–water partition coefficient (Wildman–Crippen LogP) is 16.7. The number of rotatable bonds is 8. The van der Waals surface area contributed by atoms with Crippen LogP contribution in [-0.2, 0) is 0 Å². The van der Waals surface area contributed by atoms with E-state index in [4.69, 9.17) is 19.5 Å². The lowest BCUT2D eigenvalue weighted by Gasteiger charge is -2.45. The Bertz CT molecular complexity index is 2230. The third-order valence-corrected chi connectivity index (χ3v) is 21.5. The number of imidazole rings is 2. The molecule has 10 nitrogen and oxygen atoms in total. The average Bonchev–Trinajstić information content (AvgIpc) is 3.57.